The standard InChI is InChI=1S/C30H26N8O/c1-19(34-30(39)26-28(31)36-38-15-7-14-32-29(26)38)27-24(21-8-4-3-5-9-21)16-23-22(10-6-11-25(23)35-27)13-12-20-17-33-37(2)18-20/h3-19H,1-2H3,(H2,31,36)(H,34,39)/b13-12-. The van der Waals surface area contributed by atoms with Gasteiger partial charge in [0, 0.05) is 42.2 Å². The summed E-state index contributed by atoms with van der Waals surface area (Å²) in [6.45, 7) is 1.92. The fraction of sp³-hybridized carbons (Fsp3) is 0.100. The second kappa shape index (κ2) is 9.86. The second-order valence-corrected chi connectivity index (χ2v) is 9.33. The van der Waals surface area contributed by atoms with Crippen LogP contribution in [0.4, 0.5) is 5.82 Å². The number of nitrogens with one attached hydrogen (secondary N) is 1. The molecule has 192 valence electrons. The Morgan fingerprint density at radius 3 is 2.72 bits per heavy atom. The van der Waals surface area contributed by atoms with Gasteiger partial charge in [0.2, 0.25) is 0 Å². The quantitative estimate of drug-likeness (QED) is 0.326. The molecule has 9 nitrogen and oxygen atoms in total. The van der Waals surface area contributed by atoms with Gasteiger partial charge in [-0.1, -0.05) is 54.6 Å². The van der Waals surface area contributed by atoms with Crippen molar-refractivity contribution >= 4 is 40.4 Å². The summed E-state index contributed by atoms with van der Waals surface area (Å²) >= 11 is 0. The number of pyridine rings is 1. The van der Waals surface area contributed by atoms with Crippen LogP contribution in [0.15, 0.2) is 85.5 Å². The number of hydrogen-bond donors (Lipinski definition) is 2. The lowest BCUT2D eigenvalue weighted by Crippen LogP contribution is -2.28. The van der Waals surface area contributed by atoms with Crippen LogP contribution in [0.2, 0.25) is 0 Å². The molecule has 4 aromatic heterocycles. The Balaban J connectivity index is 1.42. The molecule has 1 unspecified atom stereocenters. The highest BCUT2D eigenvalue weighted by Gasteiger charge is 2.23. The monoisotopic (exact) mass is 514 g/mol. The Morgan fingerprint density at radius 1 is 1.08 bits per heavy atom. The van der Waals surface area contributed by atoms with E-state index in [-0.39, 0.29) is 17.3 Å². The molecule has 0 aliphatic heterocycles. The highest BCUT2D eigenvalue weighted by atomic mass is 16.1. The number of hydrogen-bond acceptors (Lipinski definition) is 6. The van der Waals surface area contributed by atoms with Gasteiger partial charge in [0.1, 0.15) is 5.56 Å². The van der Waals surface area contributed by atoms with Gasteiger partial charge in [-0.3, -0.25) is 9.48 Å². The number of nitrogens with two attached hydrogens (primary N) is 1. The minimum absolute atomic E-state index is 0.123. The SMILES string of the molecule is CC(NC(=O)c1c(N)nn2cccnc12)c1nc2cccc(/C=C\c3cnn(C)c3)c2cc1-c1ccccc1. The van der Waals surface area contributed by atoms with Crippen LogP contribution in [0.25, 0.3) is 39.8 Å². The molecule has 1 amide bonds. The molecule has 9 heteroatoms. The van der Waals surface area contributed by atoms with Crippen molar-refractivity contribution in [3.63, 3.8) is 0 Å². The van der Waals surface area contributed by atoms with E-state index in [4.69, 9.17) is 10.7 Å². The van der Waals surface area contributed by atoms with Gasteiger partial charge in [0.15, 0.2) is 11.5 Å². The zero-order valence-corrected chi connectivity index (χ0v) is 21.5. The maximum absolute atomic E-state index is 13.4. The smallest absolute Gasteiger partial charge is 0.259 e. The van der Waals surface area contributed by atoms with Gasteiger partial charge in [-0.15, -0.1) is 5.10 Å². The van der Waals surface area contributed by atoms with E-state index in [0.717, 1.165) is 38.9 Å². The van der Waals surface area contributed by atoms with Crippen molar-refractivity contribution in [2.24, 2.45) is 7.05 Å². The fourth-order valence-corrected chi connectivity index (χ4v) is 4.73. The molecule has 2 aromatic carbocycles. The molecule has 4 heterocycles. The lowest BCUT2D eigenvalue weighted by atomic mass is 9.96. The van der Waals surface area contributed by atoms with E-state index in [9.17, 15) is 4.79 Å². The number of carbonyl (C=O) groups is 1. The van der Waals surface area contributed by atoms with Gasteiger partial charge in [-0.05, 0) is 36.2 Å². The van der Waals surface area contributed by atoms with E-state index >= 15 is 0 Å². The molecular weight excluding hydrogens is 488 g/mol. The summed E-state index contributed by atoms with van der Waals surface area (Å²) in [5, 5.41) is 12.5. The normalized spacial score (nSPS) is 12.4. The molecule has 0 saturated heterocycles. The molecule has 0 bridgehead atoms. The first-order valence-corrected chi connectivity index (χ1v) is 12.5. The number of rotatable bonds is 6. The number of aryl methyl sites for hydroxylation is 1. The molecule has 39 heavy (non-hydrogen) atoms. The van der Waals surface area contributed by atoms with E-state index in [1.807, 2.05) is 74.9 Å². The van der Waals surface area contributed by atoms with Gasteiger partial charge >= 0.3 is 0 Å². The van der Waals surface area contributed by atoms with Crippen molar-refractivity contribution in [1.82, 2.24) is 34.7 Å². The molecule has 0 aliphatic carbocycles. The first-order chi connectivity index (χ1) is 19.0. The minimum Gasteiger partial charge on any atom is -0.381 e. The molecule has 1 atom stereocenters. The minimum atomic E-state index is -0.426. The van der Waals surface area contributed by atoms with Crippen molar-refractivity contribution in [2.75, 3.05) is 5.73 Å². The number of fused-ring (bicyclic) bond motifs is 2. The Labute approximate surface area is 224 Å². The van der Waals surface area contributed by atoms with E-state index in [2.05, 4.69) is 38.7 Å². The highest BCUT2D eigenvalue weighted by molar-refractivity contribution is 6.04. The first-order valence-electron chi connectivity index (χ1n) is 12.5. The number of nitrogen functional groups attached to an aromatic ring is 1. The second-order valence-electron chi connectivity index (χ2n) is 9.33. The van der Waals surface area contributed by atoms with Gasteiger partial charge < -0.3 is 11.1 Å². The molecule has 0 spiro atoms. The Bertz CT molecular complexity index is 1850. The predicted molar refractivity (Wildman–Crippen MR) is 153 cm³/mol. The van der Waals surface area contributed by atoms with Crippen LogP contribution in [-0.4, -0.2) is 35.3 Å². The third-order valence-corrected chi connectivity index (χ3v) is 6.59. The average molecular weight is 515 g/mol. The van der Waals surface area contributed by atoms with Crippen molar-refractivity contribution < 1.29 is 4.79 Å². The third-order valence-electron chi connectivity index (χ3n) is 6.59. The molecule has 0 radical (unpaired) electrons. The Kier molecular flexibility index (Phi) is 6.08. The maximum Gasteiger partial charge on any atom is 0.259 e. The van der Waals surface area contributed by atoms with Crippen LogP contribution in [0, 0.1) is 0 Å². The van der Waals surface area contributed by atoms with Crippen LogP contribution in [0.5, 0.6) is 0 Å². The van der Waals surface area contributed by atoms with Crippen molar-refractivity contribution in [3.8, 4) is 11.1 Å². The summed E-state index contributed by atoms with van der Waals surface area (Å²) in [6, 6.07) is 19.5. The lowest BCUT2D eigenvalue weighted by Gasteiger charge is -2.19. The summed E-state index contributed by atoms with van der Waals surface area (Å²) in [7, 11) is 1.90. The van der Waals surface area contributed by atoms with Crippen molar-refractivity contribution in [3.05, 3.63) is 108 Å². The summed E-state index contributed by atoms with van der Waals surface area (Å²) in [5.41, 5.74) is 12.3. The van der Waals surface area contributed by atoms with Crippen LogP contribution in [0.1, 0.15) is 40.1 Å². The van der Waals surface area contributed by atoms with E-state index in [1.54, 1.807) is 23.1 Å². The zero-order chi connectivity index (χ0) is 26.9. The van der Waals surface area contributed by atoms with Crippen molar-refractivity contribution in [1.29, 1.82) is 0 Å². The summed E-state index contributed by atoms with van der Waals surface area (Å²) in [6.07, 6.45) is 11.2. The maximum atomic E-state index is 13.4. The highest BCUT2D eigenvalue weighted by Crippen LogP contribution is 2.32. The zero-order valence-electron chi connectivity index (χ0n) is 21.5. The van der Waals surface area contributed by atoms with Crippen LogP contribution >= 0.6 is 0 Å². The predicted octanol–water partition coefficient (Wildman–Crippen LogP) is 4.92. The molecule has 6 aromatic rings. The molecule has 0 fully saturated rings. The summed E-state index contributed by atoms with van der Waals surface area (Å²) in [5.74, 6) is -0.235. The number of nitrogens with zero attached hydrogens (tertiary/aromatic N) is 6. The number of benzene rings is 2. The summed E-state index contributed by atoms with van der Waals surface area (Å²) < 4.78 is 3.27. The number of amides is 1. The van der Waals surface area contributed by atoms with E-state index in [1.165, 1.54) is 4.52 Å². The number of aromatic nitrogens is 6. The number of carbonyl (C=O) groups excluding carboxylic acids is 1. The van der Waals surface area contributed by atoms with Crippen LogP contribution < -0.4 is 11.1 Å². The van der Waals surface area contributed by atoms with Gasteiger partial charge in [0.25, 0.3) is 5.91 Å². The largest absolute Gasteiger partial charge is 0.381 e. The summed E-state index contributed by atoms with van der Waals surface area (Å²) in [4.78, 5) is 22.7. The van der Waals surface area contributed by atoms with Crippen LogP contribution in [-0.2, 0) is 7.05 Å². The first kappa shape index (κ1) is 24.1. The lowest BCUT2D eigenvalue weighted by molar-refractivity contribution is 0.0941. The topological polar surface area (TPSA) is 116 Å². The Hall–Kier alpha value is -5.31. The fourth-order valence-electron chi connectivity index (χ4n) is 4.73. The van der Waals surface area contributed by atoms with Crippen LogP contribution in [0.3, 0.4) is 0 Å². The molecular formula is C30H26N8O. The van der Waals surface area contributed by atoms with Gasteiger partial charge in [-0.25, -0.2) is 14.5 Å². The molecule has 0 saturated carbocycles. The van der Waals surface area contributed by atoms with Gasteiger partial charge in [0.05, 0.1) is 23.4 Å². The molecule has 6 rings (SSSR count). The van der Waals surface area contributed by atoms with E-state index < -0.39 is 6.04 Å². The average Bonchev–Trinajstić information content (AvgIpc) is 3.52. The molecule has 3 N–H and O–H groups in total. The number of anilines is 1. The Morgan fingerprint density at radius 2 is 1.92 bits per heavy atom. The van der Waals surface area contributed by atoms with Gasteiger partial charge in [-0.2, -0.15) is 5.10 Å². The van der Waals surface area contributed by atoms with E-state index in [0.29, 0.717) is 5.65 Å². The molecule has 0 aliphatic rings. The third kappa shape index (κ3) is 4.61. The van der Waals surface area contributed by atoms with Crippen molar-refractivity contribution in [2.45, 2.75) is 13.0 Å².